The van der Waals surface area contributed by atoms with Gasteiger partial charge in [-0.3, -0.25) is 4.79 Å². The number of anilines is 1. The molecule has 4 rings (SSSR count). The summed E-state index contributed by atoms with van der Waals surface area (Å²) in [6, 6.07) is 20.8. The summed E-state index contributed by atoms with van der Waals surface area (Å²) in [6.45, 7) is 0. The summed E-state index contributed by atoms with van der Waals surface area (Å²) in [6.07, 6.45) is 3.27. The molecule has 4 aromatic rings. The van der Waals surface area contributed by atoms with Gasteiger partial charge in [-0.2, -0.15) is 0 Å². The first-order valence-corrected chi connectivity index (χ1v) is 9.54. The highest BCUT2D eigenvalue weighted by Crippen LogP contribution is 2.22. The van der Waals surface area contributed by atoms with Gasteiger partial charge in [-0.05, 0) is 58.5 Å². The third-order valence-corrected chi connectivity index (χ3v) is 4.95. The second-order valence-corrected chi connectivity index (χ2v) is 6.91. The zero-order valence-corrected chi connectivity index (χ0v) is 15.6. The Hall–Kier alpha value is -3.52. The first kappa shape index (κ1) is 17.9. The molecule has 8 heteroatoms. The summed E-state index contributed by atoms with van der Waals surface area (Å²) in [5.74, 6) is 0.583. The maximum absolute atomic E-state index is 12.6. The van der Waals surface area contributed by atoms with Gasteiger partial charge in [0.15, 0.2) is 0 Å². The van der Waals surface area contributed by atoms with Gasteiger partial charge in [0, 0.05) is 23.2 Å². The summed E-state index contributed by atoms with van der Waals surface area (Å²) in [7, 11) is 0. The van der Waals surface area contributed by atoms with Crippen molar-refractivity contribution in [1.29, 1.82) is 0 Å². The van der Waals surface area contributed by atoms with Crippen molar-refractivity contribution in [1.82, 2.24) is 25.2 Å². The van der Waals surface area contributed by atoms with Crippen LogP contribution in [0.4, 0.5) is 5.69 Å². The molecule has 0 saturated heterocycles. The van der Waals surface area contributed by atoms with Gasteiger partial charge in [0.2, 0.25) is 0 Å². The van der Waals surface area contributed by atoms with Gasteiger partial charge < -0.3 is 5.32 Å². The summed E-state index contributed by atoms with van der Waals surface area (Å²) >= 11 is 1.65. The molecule has 0 radical (unpaired) electrons. The van der Waals surface area contributed by atoms with Crippen LogP contribution in [0.25, 0.3) is 5.69 Å². The molecule has 0 unspecified atom stereocenters. The first-order chi connectivity index (χ1) is 13.8. The van der Waals surface area contributed by atoms with Gasteiger partial charge in [0.05, 0.1) is 10.7 Å². The zero-order chi connectivity index (χ0) is 19.2. The molecule has 0 aliphatic carbocycles. The van der Waals surface area contributed by atoms with Crippen molar-refractivity contribution in [2.75, 3.05) is 5.32 Å². The number of pyridine rings is 1. The van der Waals surface area contributed by atoms with E-state index in [1.54, 1.807) is 36.2 Å². The molecule has 0 saturated carbocycles. The van der Waals surface area contributed by atoms with Crippen LogP contribution < -0.4 is 5.32 Å². The minimum Gasteiger partial charge on any atom is -0.322 e. The van der Waals surface area contributed by atoms with Crippen LogP contribution in [0.5, 0.6) is 0 Å². The van der Waals surface area contributed by atoms with E-state index >= 15 is 0 Å². The molecule has 138 valence electrons. The standard InChI is InChI=1S/C20H16N6OS/c27-20(16-6-4-8-18(12-16)26-14-22-24-25-26)23-17-7-3-5-15(11-17)13-28-19-9-1-2-10-21-19/h1-12,14H,13H2,(H,23,27). The zero-order valence-electron chi connectivity index (χ0n) is 14.8. The van der Waals surface area contributed by atoms with Crippen LogP contribution in [0, 0.1) is 0 Å². The smallest absolute Gasteiger partial charge is 0.255 e. The molecule has 0 fully saturated rings. The van der Waals surface area contributed by atoms with E-state index in [9.17, 15) is 4.79 Å². The number of nitrogens with one attached hydrogen (secondary N) is 1. The fraction of sp³-hybridized carbons (Fsp3) is 0.0500. The predicted octanol–water partition coefficient (Wildman–Crippen LogP) is 3.60. The Balaban J connectivity index is 1.44. The number of carbonyl (C=O) groups excluding carboxylic acids is 1. The van der Waals surface area contributed by atoms with Crippen LogP contribution in [0.15, 0.2) is 84.3 Å². The Morgan fingerprint density at radius 3 is 2.79 bits per heavy atom. The Morgan fingerprint density at radius 1 is 1.04 bits per heavy atom. The Morgan fingerprint density at radius 2 is 1.96 bits per heavy atom. The number of hydrogen-bond acceptors (Lipinski definition) is 6. The lowest BCUT2D eigenvalue weighted by Gasteiger charge is -2.08. The van der Waals surface area contributed by atoms with E-state index in [0.29, 0.717) is 5.56 Å². The van der Waals surface area contributed by atoms with E-state index in [2.05, 4.69) is 25.8 Å². The Bertz CT molecular complexity index is 1070. The number of nitrogens with zero attached hydrogens (tertiary/aromatic N) is 5. The van der Waals surface area contributed by atoms with Crippen molar-refractivity contribution in [3.63, 3.8) is 0 Å². The lowest BCUT2D eigenvalue weighted by Crippen LogP contribution is -2.12. The Kier molecular flexibility index (Phi) is 5.39. The summed E-state index contributed by atoms with van der Waals surface area (Å²) < 4.78 is 1.51. The highest BCUT2D eigenvalue weighted by molar-refractivity contribution is 7.98. The number of aromatic nitrogens is 5. The van der Waals surface area contributed by atoms with Crippen LogP contribution in [0.3, 0.4) is 0 Å². The largest absolute Gasteiger partial charge is 0.322 e. The highest BCUT2D eigenvalue weighted by Gasteiger charge is 2.09. The van der Waals surface area contributed by atoms with Gasteiger partial charge in [-0.15, -0.1) is 16.9 Å². The van der Waals surface area contributed by atoms with Crippen molar-refractivity contribution in [3.8, 4) is 5.69 Å². The fourth-order valence-electron chi connectivity index (χ4n) is 2.60. The summed E-state index contributed by atoms with van der Waals surface area (Å²) in [5, 5.41) is 15.0. The van der Waals surface area contributed by atoms with E-state index in [4.69, 9.17) is 0 Å². The molecule has 2 aromatic heterocycles. The lowest BCUT2D eigenvalue weighted by atomic mass is 10.1. The molecular formula is C20H16N6OS. The van der Waals surface area contributed by atoms with Gasteiger partial charge >= 0.3 is 0 Å². The van der Waals surface area contributed by atoms with Crippen LogP contribution in [-0.4, -0.2) is 31.1 Å². The monoisotopic (exact) mass is 388 g/mol. The van der Waals surface area contributed by atoms with Crippen molar-refractivity contribution in [3.05, 3.63) is 90.4 Å². The van der Waals surface area contributed by atoms with Gasteiger partial charge in [-0.25, -0.2) is 9.67 Å². The fourth-order valence-corrected chi connectivity index (χ4v) is 3.41. The minimum atomic E-state index is -0.190. The van der Waals surface area contributed by atoms with Crippen LogP contribution >= 0.6 is 11.8 Å². The Labute approximate surface area is 165 Å². The molecule has 2 aromatic carbocycles. The number of tetrazole rings is 1. The molecule has 28 heavy (non-hydrogen) atoms. The van der Waals surface area contributed by atoms with Crippen molar-refractivity contribution < 1.29 is 4.79 Å². The molecule has 0 spiro atoms. The van der Waals surface area contributed by atoms with Crippen LogP contribution in [0.2, 0.25) is 0 Å². The predicted molar refractivity (Wildman–Crippen MR) is 107 cm³/mol. The maximum Gasteiger partial charge on any atom is 0.255 e. The van der Waals surface area contributed by atoms with E-state index in [0.717, 1.165) is 27.7 Å². The summed E-state index contributed by atoms with van der Waals surface area (Å²) in [4.78, 5) is 17.0. The lowest BCUT2D eigenvalue weighted by molar-refractivity contribution is 0.102. The molecule has 0 atom stereocenters. The van der Waals surface area contributed by atoms with E-state index in [-0.39, 0.29) is 5.91 Å². The number of hydrogen-bond donors (Lipinski definition) is 1. The second kappa shape index (κ2) is 8.45. The average Bonchev–Trinajstić information content (AvgIpc) is 3.28. The SMILES string of the molecule is O=C(Nc1cccc(CSc2ccccn2)c1)c1cccc(-n2cnnn2)c1. The number of thioether (sulfide) groups is 1. The summed E-state index contributed by atoms with van der Waals surface area (Å²) in [5.41, 5.74) is 3.10. The van der Waals surface area contributed by atoms with E-state index < -0.39 is 0 Å². The first-order valence-electron chi connectivity index (χ1n) is 8.55. The van der Waals surface area contributed by atoms with Crippen LogP contribution in [0.1, 0.15) is 15.9 Å². The molecular weight excluding hydrogens is 372 g/mol. The average molecular weight is 388 g/mol. The quantitative estimate of drug-likeness (QED) is 0.508. The molecule has 1 N–H and O–H groups in total. The third-order valence-electron chi connectivity index (χ3n) is 3.93. The van der Waals surface area contributed by atoms with Crippen molar-refractivity contribution in [2.45, 2.75) is 10.8 Å². The number of rotatable bonds is 6. The van der Waals surface area contributed by atoms with E-state index in [1.807, 2.05) is 48.5 Å². The van der Waals surface area contributed by atoms with E-state index in [1.165, 1.54) is 11.0 Å². The number of carbonyl (C=O) groups is 1. The second-order valence-electron chi connectivity index (χ2n) is 5.92. The molecule has 0 aliphatic rings. The normalized spacial score (nSPS) is 10.6. The van der Waals surface area contributed by atoms with Crippen LogP contribution in [-0.2, 0) is 5.75 Å². The van der Waals surface area contributed by atoms with Crippen molar-refractivity contribution in [2.24, 2.45) is 0 Å². The molecule has 7 nitrogen and oxygen atoms in total. The third kappa shape index (κ3) is 4.41. The molecule has 1 amide bonds. The van der Waals surface area contributed by atoms with Gasteiger partial charge in [0.1, 0.15) is 6.33 Å². The molecule has 2 heterocycles. The molecule has 0 aliphatic heterocycles. The number of amides is 1. The van der Waals surface area contributed by atoms with Gasteiger partial charge in [-0.1, -0.05) is 24.3 Å². The topological polar surface area (TPSA) is 85.6 Å². The molecule has 0 bridgehead atoms. The highest BCUT2D eigenvalue weighted by atomic mass is 32.2. The maximum atomic E-state index is 12.6. The minimum absolute atomic E-state index is 0.190. The number of benzene rings is 2. The van der Waals surface area contributed by atoms with Crippen molar-refractivity contribution >= 4 is 23.4 Å². The van der Waals surface area contributed by atoms with Gasteiger partial charge in [0.25, 0.3) is 5.91 Å².